The average Bonchev–Trinajstić information content (AvgIpc) is 3.40. The summed E-state index contributed by atoms with van der Waals surface area (Å²) in [5.74, 6) is 0.483. The standard InChI is InChI=1S/C19H17N7O3/c27-19(21-9-3-6-18-23-14-4-1-2-5-15(14)24-18)13-7-8-16(17(10-13)26(28)29)25-12-20-11-22-25/h1-2,4-5,7-8,10-12H,3,6,9H2,(H,21,27)(H,23,24). The molecular weight excluding hydrogens is 374 g/mol. The molecule has 0 fully saturated rings. The van der Waals surface area contributed by atoms with E-state index in [1.165, 1.54) is 35.5 Å². The Kier molecular flexibility index (Phi) is 4.97. The molecule has 0 aliphatic heterocycles. The molecule has 2 aromatic carbocycles. The smallest absolute Gasteiger partial charge is 0.295 e. The number of H-pyrrole nitrogens is 1. The Morgan fingerprint density at radius 1 is 1.24 bits per heavy atom. The normalized spacial score (nSPS) is 10.9. The van der Waals surface area contributed by atoms with E-state index in [2.05, 4.69) is 25.4 Å². The number of aromatic amines is 1. The van der Waals surface area contributed by atoms with Gasteiger partial charge in [0.2, 0.25) is 0 Å². The molecule has 0 bridgehead atoms. The van der Waals surface area contributed by atoms with Gasteiger partial charge in [-0.05, 0) is 30.7 Å². The zero-order chi connectivity index (χ0) is 20.2. The summed E-state index contributed by atoms with van der Waals surface area (Å²) in [5, 5.41) is 18.1. The lowest BCUT2D eigenvalue weighted by Gasteiger charge is -2.07. The average molecular weight is 391 g/mol. The number of aromatic nitrogens is 5. The lowest BCUT2D eigenvalue weighted by Crippen LogP contribution is -2.25. The Morgan fingerprint density at radius 2 is 2.10 bits per heavy atom. The predicted molar refractivity (Wildman–Crippen MR) is 105 cm³/mol. The monoisotopic (exact) mass is 391 g/mol. The zero-order valence-electron chi connectivity index (χ0n) is 15.3. The molecule has 10 nitrogen and oxygen atoms in total. The second kappa shape index (κ2) is 7.89. The maximum Gasteiger partial charge on any atom is 0.295 e. The van der Waals surface area contributed by atoms with Crippen molar-refractivity contribution in [2.75, 3.05) is 6.54 Å². The minimum Gasteiger partial charge on any atom is -0.352 e. The second-order valence-electron chi connectivity index (χ2n) is 6.36. The predicted octanol–water partition coefficient (Wildman–Crippen LogP) is 2.41. The fourth-order valence-corrected chi connectivity index (χ4v) is 3.02. The highest BCUT2D eigenvalue weighted by Crippen LogP contribution is 2.23. The number of para-hydroxylation sites is 2. The minimum absolute atomic E-state index is 0.212. The van der Waals surface area contributed by atoms with E-state index in [4.69, 9.17) is 0 Å². The molecule has 0 spiro atoms. The van der Waals surface area contributed by atoms with Gasteiger partial charge in [-0.3, -0.25) is 14.9 Å². The molecular formula is C19H17N7O3. The van der Waals surface area contributed by atoms with Gasteiger partial charge in [0.15, 0.2) is 0 Å². The van der Waals surface area contributed by atoms with Crippen molar-refractivity contribution in [3.05, 3.63) is 76.6 Å². The summed E-state index contributed by atoms with van der Waals surface area (Å²) in [6.45, 7) is 0.425. The molecule has 0 radical (unpaired) electrons. The van der Waals surface area contributed by atoms with E-state index >= 15 is 0 Å². The number of imidazole rings is 1. The summed E-state index contributed by atoms with van der Waals surface area (Å²) in [7, 11) is 0. The van der Waals surface area contributed by atoms with Crippen LogP contribution in [0.2, 0.25) is 0 Å². The molecule has 10 heteroatoms. The highest BCUT2D eigenvalue weighted by molar-refractivity contribution is 5.95. The number of nitrogens with one attached hydrogen (secondary N) is 2. The van der Waals surface area contributed by atoms with Crippen LogP contribution in [-0.4, -0.2) is 42.1 Å². The van der Waals surface area contributed by atoms with E-state index < -0.39 is 4.92 Å². The first kappa shape index (κ1) is 18.3. The molecule has 4 aromatic rings. The molecule has 146 valence electrons. The molecule has 1 amide bonds. The second-order valence-corrected chi connectivity index (χ2v) is 6.36. The van der Waals surface area contributed by atoms with Gasteiger partial charge in [0, 0.05) is 24.6 Å². The number of hydrogen-bond acceptors (Lipinski definition) is 6. The molecule has 2 aromatic heterocycles. The van der Waals surface area contributed by atoms with Crippen molar-refractivity contribution in [3.63, 3.8) is 0 Å². The van der Waals surface area contributed by atoms with Gasteiger partial charge in [-0.25, -0.2) is 14.6 Å². The summed E-state index contributed by atoms with van der Waals surface area (Å²) in [4.78, 5) is 34.7. The SMILES string of the molecule is O=C(NCCCc1nc2ccccc2[nH]1)c1ccc(-n2cncn2)c([N+](=O)[O-])c1. The molecule has 0 unspecified atom stereocenters. The summed E-state index contributed by atoms with van der Waals surface area (Å²) in [5.41, 5.74) is 2.13. The van der Waals surface area contributed by atoms with Gasteiger partial charge in [-0.1, -0.05) is 12.1 Å². The number of carbonyl (C=O) groups is 1. The Labute approximate surface area is 164 Å². The third-order valence-electron chi connectivity index (χ3n) is 4.41. The maximum absolute atomic E-state index is 12.4. The van der Waals surface area contributed by atoms with Crippen molar-refractivity contribution < 1.29 is 9.72 Å². The lowest BCUT2D eigenvalue weighted by atomic mass is 10.1. The van der Waals surface area contributed by atoms with Crippen LogP contribution >= 0.6 is 0 Å². The van der Waals surface area contributed by atoms with Crippen molar-refractivity contribution in [2.45, 2.75) is 12.8 Å². The quantitative estimate of drug-likeness (QED) is 0.282. The van der Waals surface area contributed by atoms with Crippen molar-refractivity contribution in [2.24, 2.45) is 0 Å². The van der Waals surface area contributed by atoms with E-state index in [0.29, 0.717) is 19.4 Å². The molecule has 0 aliphatic carbocycles. The highest BCUT2D eigenvalue weighted by atomic mass is 16.6. The summed E-state index contributed by atoms with van der Waals surface area (Å²) in [6.07, 6.45) is 4.01. The third kappa shape index (κ3) is 3.95. The van der Waals surface area contributed by atoms with Gasteiger partial charge in [-0.15, -0.1) is 0 Å². The molecule has 0 saturated heterocycles. The van der Waals surface area contributed by atoms with Crippen LogP contribution in [0.1, 0.15) is 22.6 Å². The van der Waals surface area contributed by atoms with Gasteiger partial charge in [0.1, 0.15) is 24.2 Å². The highest BCUT2D eigenvalue weighted by Gasteiger charge is 2.19. The van der Waals surface area contributed by atoms with E-state index in [1.807, 2.05) is 24.3 Å². The van der Waals surface area contributed by atoms with Gasteiger partial charge in [0.25, 0.3) is 11.6 Å². The number of benzene rings is 2. The van der Waals surface area contributed by atoms with Crippen LogP contribution in [0.5, 0.6) is 0 Å². The molecule has 2 heterocycles. The Balaban J connectivity index is 1.38. The maximum atomic E-state index is 12.4. The van der Waals surface area contributed by atoms with Crippen LogP contribution in [0.25, 0.3) is 16.7 Å². The number of fused-ring (bicyclic) bond motifs is 1. The van der Waals surface area contributed by atoms with Gasteiger partial charge in [0.05, 0.1) is 16.0 Å². The summed E-state index contributed by atoms with van der Waals surface area (Å²) >= 11 is 0. The fraction of sp³-hybridized carbons (Fsp3) is 0.158. The van der Waals surface area contributed by atoms with E-state index in [0.717, 1.165) is 16.9 Å². The van der Waals surface area contributed by atoms with Gasteiger partial charge >= 0.3 is 0 Å². The topological polar surface area (TPSA) is 132 Å². The zero-order valence-corrected chi connectivity index (χ0v) is 15.3. The molecule has 0 saturated carbocycles. The number of aryl methyl sites for hydroxylation is 1. The van der Waals surface area contributed by atoms with Crippen LogP contribution < -0.4 is 5.32 Å². The van der Waals surface area contributed by atoms with E-state index in [1.54, 1.807) is 0 Å². The van der Waals surface area contributed by atoms with Crippen molar-refractivity contribution in [3.8, 4) is 5.69 Å². The number of nitrogens with zero attached hydrogens (tertiary/aromatic N) is 5. The van der Waals surface area contributed by atoms with Crippen LogP contribution in [0.3, 0.4) is 0 Å². The Bertz CT molecular complexity index is 1130. The Morgan fingerprint density at radius 3 is 2.86 bits per heavy atom. The van der Waals surface area contributed by atoms with Crippen LogP contribution in [0.15, 0.2) is 55.1 Å². The molecule has 0 aliphatic rings. The molecule has 4 rings (SSSR count). The van der Waals surface area contributed by atoms with Gasteiger partial charge < -0.3 is 10.3 Å². The number of amides is 1. The summed E-state index contributed by atoms with van der Waals surface area (Å²) < 4.78 is 1.28. The molecule has 0 atom stereocenters. The Hall–Kier alpha value is -4.08. The van der Waals surface area contributed by atoms with Crippen LogP contribution in [-0.2, 0) is 6.42 Å². The number of nitro groups is 1. The minimum atomic E-state index is -0.546. The third-order valence-corrected chi connectivity index (χ3v) is 4.41. The van der Waals surface area contributed by atoms with Crippen molar-refractivity contribution >= 4 is 22.6 Å². The van der Waals surface area contributed by atoms with Gasteiger partial charge in [-0.2, -0.15) is 5.10 Å². The molecule has 29 heavy (non-hydrogen) atoms. The van der Waals surface area contributed by atoms with Crippen LogP contribution in [0.4, 0.5) is 5.69 Å². The first-order valence-corrected chi connectivity index (χ1v) is 8.97. The number of hydrogen-bond donors (Lipinski definition) is 2. The van der Waals surface area contributed by atoms with Crippen molar-refractivity contribution in [1.82, 2.24) is 30.0 Å². The number of carbonyl (C=O) groups excluding carboxylic acids is 1. The number of nitro benzene ring substituents is 1. The fourth-order valence-electron chi connectivity index (χ4n) is 3.02. The van der Waals surface area contributed by atoms with E-state index in [9.17, 15) is 14.9 Å². The lowest BCUT2D eigenvalue weighted by molar-refractivity contribution is -0.384. The largest absolute Gasteiger partial charge is 0.352 e. The first-order valence-electron chi connectivity index (χ1n) is 8.97. The van der Waals surface area contributed by atoms with E-state index in [-0.39, 0.29) is 22.8 Å². The number of rotatable bonds is 7. The molecule has 2 N–H and O–H groups in total. The summed E-state index contributed by atoms with van der Waals surface area (Å²) in [6, 6.07) is 12.0. The first-order chi connectivity index (χ1) is 14.1. The van der Waals surface area contributed by atoms with Crippen LogP contribution in [0, 0.1) is 10.1 Å². The van der Waals surface area contributed by atoms with Crippen molar-refractivity contribution in [1.29, 1.82) is 0 Å².